The molecule has 2 rings (SSSR count). The van der Waals surface area contributed by atoms with Crippen molar-refractivity contribution in [1.82, 2.24) is 5.32 Å². The Morgan fingerprint density at radius 1 is 1.43 bits per heavy atom. The van der Waals surface area contributed by atoms with E-state index in [1.807, 2.05) is 30.3 Å². The van der Waals surface area contributed by atoms with Crippen molar-refractivity contribution in [1.29, 1.82) is 5.41 Å². The number of thiocarbonyl (C=S) groups is 1. The van der Waals surface area contributed by atoms with Crippen LogP contribution in [0.3, 0.4) is 0 Å². The monoisotopic (exact) mass is 300 g/mol. The Morgan fingerprint density at radius 3 is 2.67 bits per heavy atom. The highest BCUT2D eigenvalue weighted by atomic mass is 32.1. The molecular weight excluding hydrogens is 284 g/mol. The lowest BCUT2D eigenvalue weighted by molar-refractivity contribution is -0.138. The van der Waals surface area contributed by atoms with Crippen molar-refractivity contribution in [3.63, 3.8) is 0 Å². The van der Waals surface area contributed by atoms with Gasteiger partial charge >= 0.3 is 5.97 Å². The third-order valence-corrected chi connectivity index (χ3v) is 3.61. The molecule has 0 bridgehead atoms. The van der Waals surface area contributed by atoms with Crippen molar-refractivity contribution >= 4 is 29.0 Å². The van der Waals surface area contributed by atoms with Gasteiger partial charge in [-0.05, 0) is 25.3 Å². The molecule has 2 N–H and O–H groups in total. The summed E-state index contributed by atoms with van der Waals surface area (Å²) in [6.45, 7) is 3.85. The summed E-state index contributed by atoms with van der Waals surface area (Å²) in [4.78, 5) is 12.7. The summed E-state index contributed by atoms with van der Waals surface area (Å²) in [6, 6.07) is 9.49. The van der Waals surface area contributed by atoms with Crippen LogP contribution in [0.15, 0.2) is 47.2 Å². The molecule has 0 aromatic heterocycles. The van der Waals surface area contributed by atoms with E-state index in [0.29, 0.717) is 28.4 Å². The maximum atomic E-state index is 12.3. The van der Waals surface area contributed by atoms with Gasteiger partial charge < -0.3 is 10.1 Å². The van der Waals surface area contributed by atoms with E-state index in [1.54, 1.807) is 13.8 Å². The molecule has 0 fully saturated rings. The topological polar surface area (TPSA) is 62.2 Å². The Hall–Kier alpha value is -2.23. The lowest BCUT2D eigenvalue weighted by Crippen LogP contribution is -2.35. The van der Waals surface area contributed by atoms with Gasteiger partial charge in [0.2, 0.25) is 0 Å². The second kappa shape index (κ2) is 6.48. The number of esters is 1. The molecule has 1 aliphatic heterocycles. The van der Waals surface area contributed by atoms with Crippen LogP contribution in [0.25, 0.3) is 0 Å². The van der Waals surface area contributed by atoms with Gasteiger partial charge in [0.25, 0.3) is 0 Å². The molecule has 1 aromatic rings. The first-order chi connectivity index (χ1) is 10.1. The molecule has 4 nitrogen and oxygen atoms in total. The fraction of sp³-hybridized carbons (Fsp3) is 0.250. The van der Waals surface area contributed by atoms with Crippen LogP contribution in [0.2, 0.25) is 0 Å². The minimum atomic E-state index is -0.420. The Balaban J connectivity index is 2.62. The van der Waals surface area contributed by atoms with Crippen LogP contribution < -0.4 is 5.32 Å². The van der Waals surface area contributed by atoms with E-state index in [4.69, 9.17) is 22.4 Å². The number of hydrogen-bond acceptors (Lipinski definition) is 4. The van der Waals surface area contributed by atoms with Gasteiger partial charge in [-0.2, -0.15) is 0 Å². The molecule has 0 radical (unpaired) electrons. The zero-order valence-corrected chi connectivity index (χ0v) is 12.7. The lowest BCUT2D eigenvalue weighted by atomic mass is 9.81. The maximum Gasteiger partial charge on any atom is 0.336 e. The first-order valence-electron chi connectivity index (χ1n) is 6.63. The summed E-state index contributed by atoms with van der Waals surface area (Å²) in [6.07, 6.45) is 0. The molecule has 0 saturated heterocycles. The lowest BCUT2D eigenvalue weighted by Gasteiger charge is -2.29. The smallest absolute Gasteiger partial charge is 0.336 e. The van der Waals surface area contributed by atoms with Gasteiger partial charge in [0.1, 0.15) is 4.99 Å². The number of carbonyl (C=O) groups is 1. The molecule has 1 heterocycles. The number of rotatable bonds is 3. The van der Waals surface area contributed by atoms with Crippen molar-refractivity contribution in [3.8, 4) is 0 Å². The van der Waals surface area contributed by atoms with Crippen molar-refractivity contribution in [2.45, 2.75) is 19.8 Å². The van der Waals surface area contributed by atoms with E-state index in [2.05, 4.69) is 11.2 Å². The van der Waals surface area contributed by atoms with Crippen LogP contribution in [-0.4, -0.2) is 23.4 Å². The van der Waals surface area contributed by atoms with Gasteiger partial charge in [0, 0.05) is 5.70 Å². The van der Waals surface area contributed by atoms with E-state index >= 15 is 0 Å². The van der Waals surface area contributed by atoms with Crippen molar-refractivity contribution in [3.05, 3.63) is 52.7 Å². The SMILES string of the molecule is CCOC(=O)C1=C(C)NC(=S)C(=C=N)C1c1ccccc1. The Bertz CT molecular complexity index is 658. The molecule has 1 unspecified atom stereocenters. The molecular formula is C16H16N2O2S. The molecule has 0 saturated carbocycles. The van der Waals surface area contributed by atoms with E-state index in [1.165, 1.54) is 0 Å². The highest BCUT2D eigenvalue weighted by Crippen LogP contribution is 2.36. The number of carbonyl (C=O) groups excluding carboxylic acids is 1. The molecule has 0 spiro atoms. The summed E-state index contributed by atoms with van der Waals surface area (Å²) in [5.41, 5.74) is 2.50. The van der Waals surface area contributed by atoms with Crippen molar-refractivity contribution in [2.24, 2.45) is 0 Å². The van der Waals surface area contributed by atoms with E-state index in [-0.39, 0.29) is 0 Å². The van der Waals surface area contributed by atoms with Gasteiger partial charge in [0.05, 0.1) is 23.7 Å². The predicted octanol–water partition coefficient (Wildman–Crippen LogP) is 2.71. The fourth-order valence-corrected chi connectivity index (χ4v) is 2.71. The standard InChI is InChI=1S/C16H16N2O2S/c1-3-20-16(19)13-10(2)18-15(21)12(9-17)14(13)11-7-5-4-6-8-11/h4-8,14,17H,3H2,1-2H3,(H,18,21). The highest BCUT2D eigenvalue weighted by Gasteiger charge is 2.35. The zero-order valence-electron chi connectivity index (χ0n) is 11.9. The number of hydrogen-bond donors (Lipinski definition) is 2. The maximum absolute atomic E-state index is 12.3. The quantitative estimate of drug-likeness (QED) is 0.390. The number of nitrogens with one attached hydrogen (secondary N) is 2. The van der Waals surface area contributed by atoms with Crippen LogP contribution in [-0.2, 0) is 9.53 Å². The molecule has 5 heteroatoms. The fourth-order valence-electron chi connectivity index (χ4n) is 2.38. The van der Waals surface area contributed by atoms with Crippen LogP contribution in [0.1, 0.15) is 25.3 Å². The van der Waals surface area contributed by atoms with E-state index < -0.39 is 11.9 Å². The molecule has 1 aromatic carbocycles. The van der Waals surface area contributed by atoms with Crippen molar-refractivity contribution in [2.75, 3.05) is 6.61 Å². The van der Waals surface area contributed by atoms with Gasteiger partial charge in [-0.25, -0.2) is 4.79 Å². The van der Waals surface area contributed by atoms with Crippen LogP contribution >= 0.6 is 12.2 Å². The summed E-state index contributed by atoms with van der Waals surface area (Å²) in [5.74, 6) is 1.55. The van der Waals surface area contributed by atoms with Crippen LogP contribution in [0.5, 0.6) is 0 Å². The number of ether oxygens (including phenoxy) is 1. The zero-order chi connectivity index (χ0) is 15.4. The van der Waals surface area contributed by atoms with E-state index in [0.717, 1.165) is 5.56 Å². The molecule has 0 aliphatic carbocycles. The van der Waals surface area contributed by atoms with Gasteiger partial charge in [-0.15, -0.1) is 0 Å². The van der Waals surface area contributed by atoms with Gasteiger partial charge in [-0.1, -0.05) is 42.5 Å². The average Bonchev–Trinajstić information content (AvgIpc) is 2.47. The van der Waals surface area contributed by atoms with Gasteiger partial charge in [-0.3, -0.25) is 5.41 Å². The number of benzene rings is 1. The first kappa shape index (κ1) is 15.2. The van der Waals surface area contributed by atoms with Crippen LogP contribution in [0.4, 0.5) is 0 Å². The third-order valence-electron chi connectivity index (χ3n) is 3.29. The van der Waals surface area contributed by atoms with Crippen LogP contribution in [0, 0.1) is 5.41 Å². The first-order valence-corrected chi connectivity index (χ1v) is 7.04. The van der Waals surface area contributed by atoms with Crippen molar-refractivity contribution < 1.29 is 9.53 Å². The molecule has 1 aliphatic rings. The molecule has 21 heavy (non-hydrogen) atoms. The van der Waals surface area contributed by atoms with Gasteiger partial charge in [0.15, 0.2) is 0 Å². The summed E-state index contributed by atoms with van der Waals surface area (Å²) < 4.78 is 5.15. The average molecular weight is 300 g/mol. The minimum Gasteiger partial charge on any atom is -0.463 e. The second-order valence-corrected chi connectivity index (χ2v) is 5.00. The largest absolute Gasteiger partial charge is 0.463 e. The summed E-state index contributed by atoms with van der Waals surface area (Å²) in [7, 11) is 0. The Morgan fingerprint density at radius 2 is 2.10 bits per heavy atom. The summed E-state index contributed by atoms with van der Waals surface area (Å²) in [5, 5.41) is 10.5. The minimum absolute atomic E-state index is 0.297. The Kier molecular flexibility index (Phi) is 4.68. The number of allylic oxidation sites excluding steroid dienone is 1. The molecule has 1 atom stereocenters. The Labute approximate surface area is 129 Å². The molecule has 0 amide bonds. The van der Waals surface area contributed by atoms with E-state index in [9.17, 15) is 4.79 Å². The predicted molar refractivity (Wildman–Crippen MR) is 85.5 cm³/mol. The normalized spacial score (nSPS) is 18.1. The summed E-state index contributed by atoms with van der Waals surface area (Å²) >= 11 is 5.27. The second-order valence-electron chi connectivity index (χ2n) is 4.60. The third kappa shape index (κ3) is 2.94. The highest BCUT2D eigenvalue weighted by molar-refractivity contribution is 7.80. The molecule has 108 valence electrons.